The Labute approximate surface area is 60.0 Å². The molecule has 0 spiro atoms. The van der Waals surface area contributed by atoms with Crippen molar-refractivity contribution in [1.29, 1.82) is 0 Å². The SMILES string of the molecule is CC1CC(C)(CO)C(=O)O1. The number of carbonyl (C=O) groups excluding carboxylic acids is 1. The summed E-state index contributed by atoms with van der Waals surface area (Å²) in [5, 5.41) is 8.81. The first-order valence-corrected chi connectivity index (χ1v) is 3.40. The molecular weight excluding hydrogens is 132 g/mol. The summed E-state index contributed by atoms with van der Waals surface area (Å²) in [5.74, 6) is -0.275. The van der Waals surface area contributed by atoms with Crippen LogP contribution in [0.4, 0.5) is 0 Å². The highest BCUT2D eigenvalue weighted by molar-refractivity contribution is 5.78. The van der Waals surface area contributed by atoms with Crippen LogP contribution in [0.2, 0.25) is 0 Å². The number of aliphatic hydroxyl groups is 1. The van der Waals surface area contributed by atoms with E-state index >= 15 is 0 Å². The molecule has 0 saturated carbocycles. The Kier molecular flexibility index (Phi) is 1.68. The van der Waals surface area contributed by atoms with Crippen LogP contribution in [0.15, 0.2) is 0 Å². The van der Waals surface area contributed by atoms with Gasteiger partial charge in [-0.25, -0.2) is 0 Å². The number of rotatable bonds is 1. The van der Waals surface area contributed by atoms with E-state index in [1.54, 1.807) is 6.92 Å². The van der Waals surface area contributed by atoms with Crippen molar-refractivity contribution in [2.24, 2.45) is 5.41 Å². The summed E-state index contributed by atoms with van der Waals surface area (Å²) in [6, 6.07) is 0. The third-order valence-electron chi connectivity index (χ3n) is 1.89. The van der Waals surface area contributed by atoms with Gasteiger partial charge in [-0.2, -0.15) is 0 Å². The zero-order valence-electron chi connectivity index (χ0n) is 6.26. The average Bonchev–Trinajstić information content (AvgIpc) is 2.09. The number of hydrogen-bond donors (Lipinski definition) is 1. The maximum Gasteiger partial charge on any atom is 0.314 e. The predicted molar refractivity (Wildman–Crippen MR) is 35.4 cm³/mol. The monoisotopic (exact) mass is 144 g/mol. The molecule has 58 valence electrons. The Balaban J connectivity index is 2.70. The lowest BCUT2D eigenvalue weighted by molar-refractivity contribution is -0.149. The molecule has 0 aromatic heterocycles. The highest BCUT2D eigenvalue weighted by atomic mass is 16.6. The molecule has 2 atom stereocenters. The fourth-order valence-electron chi connectivity index (χ4n) is 1.21. The van der Waals surface area contributed by atoms with Gasteiger partial charge in [-0.1, -0.05) is 0 Å². The standard InChI is InChI=1S/C7H12O3/c1-5-3-7(2,4-8)6(9)10-5/h5,8H,3-4H2,1-2H3. The molecule has 1 N–H and O–H groups in total. The average molecular weight is 144 g/mol. The van der Waals surface area contributed by atoms with E-state index in [2.05, 4.69) is 0 Å². The maximum atomic E-state index is 11.0. The van der Waals surface area contributed by atoms with E-state index in [0.717, 1.165) is 0 Å². The molecule has 1 aliphatic rings. The highest BCUT2D eigenvalue weighted by Crippen LogP contribution is 2.32. The van der Waals surface area contributed by atoms with Gasteiger partial charge >= 0.3 is 5.97 Å². The van der Waals surface area contributed by atoms with Gasteiger partial charge in [0.15, 0.2) is 0 Å². The van der Waals surface area contributed by atoms with Crippen molar-refractivity contribution < 1.29 is 14.6 Å². The lowest BCUT2D eigenvalue weighted by atomic mass is 9.89. The predicted octanol–water partition coefficient (Wildman–Crippen LogP) is 0.320. The Morgan fingerprint density at radius 3 is 2.70 bits per heavy atom. The summed E-state index contributed by atoms with van der Waals surface area (Å²) in [7, 11) is 0. The molecule has 0 radical (unpaired) electrons. The first-order valence-electron chi connectivity index (χ1n) is 3.40. The second-order valence-corrected chi connectivity index (χ2v) is 3.14. The van der Waals surface area contributed by atoms with Crippen molar-refractivity contribution in [3.05, 3.63) is 0 Å². The first kappa shape index (κ1) is 7.54. The van der Waals surface area contributed by atoms with Crippen molar-refractivity contribution in [2.75, 3.05) is 6.61 Å². The van der Waals surface area contributed by atoms with Crippen LogP contribution in [0, 0.1) is 5.41 Å². The molecule has 2 unspecified atom stereocenters. The Bertz CT molecular complexity index is 155. The van der Waals surface area contributed by atoms with Gasteiger partial charge in [-0.05, 0) is 13.8 Å². The summed E-state index contributed by atoms with van der Waals surface area (Å²) < 4.78 is 4.87. The number of hydrogen-bond acceptors (Lipinski definition) is 3. The minimum atomic E-state index is -0.639. The highest BCUT2D eigenvalue weighted by Gasteiger charge is 2.42. The second-order valence-electron chi connectivity index (χ2n) is 3.14. The van der Waals surface area contributed by atoms with Gasteiger partial charge in [-0.3, -0.25) is 4.79 Å². The van der Waals surface area contributed by atoms with Crippen LogP contribution in [-0.4, -0.2) is 23.8 Å². The molecule has 1 fully saturated rings. The van der Waals surface area contributed by atoms with Crippen molar-refractivity contribution in [2.45, 2.75) is 26.4 Å². The van der Waals surface area contributed by atoms with E-state index in [1.165, 1.54) is 0 Å². The molecule has 3 heteroatoms. The number of cyclic esters (lactones) is 1. The van der Waals surface area contributed by atoms with Crippen LogP contribution in [0.1, 0.15) is 20.3 Å². The van der Waals surface area contributed by atoms with E-state index in [4.69, 9.17) is 9.84 Å². The van der Waals surface area contributed by atoms with Crippen LogP contribution in [0.3, 0.4) is 0 Å². The topological polar surface area (TPSA) is 46.5 Å². The number of aliphatic hydroxyl groups excluding tert-OH is 1. The second kappa shape index (κ2) is 2.23. The summed E-state index contributed by atoms with van der Waals surface area (Å²) in [4.78, 5) is 11.0. The molecule has 0 aromatic rings. The minimum Gasteiger partial charge on any atom is -0.462 e. The Morgan fingerprint density at radius 1 is 1.90 bits per heavy atom. The van der Waals surface area contributed by atoms with Crippen LogP contribution < -0.4 is 0 Å². The van der Waals surface area contributed by atoms with Crippen molar-refractivity contribution in [1.82, 2.24) is 0 Å². The van der Waals surface area contributed by atoms with E-state index in [0.29, 0.717) is 6.42 Å². The van der Waals surface area contributed by atoms with E-state index in [-0.39, 0.29) is 18.7 Å². The zero-order chi connectivity index (χ0) is 7.78. The molecule has 0 aromatic carbocycles. The normalized spacial score (nSPS) is 39.9. The fourth-order valence-corrected chi connectivity index (χ4v) is 1.21. The number of carbonyl (C=O) groups is 1. The lowest BCUT2D eigenvalue weighted by Crippen LogP contribution is -2.26. The van der Waals surface area contributed by atoms with E-state index < -0.39 is 5.41 Å². The maximum absolute atomic E-state index is 11.0. The fraction of sp³-hybridized carbons (Fsp3) is 0.857. The van der Waals surface area contributed by atoms with Gasteiger partial charge in [0.1, 0.15) is 6.10 Å². The van der Waals surface area contributed by atoms with E-state index in [9.17, 15) is 4.79 Å². The third kappa shape index (κ3) is 1.01. The molecule has 3 nitrogen and oxygen atoms in total. The van der Waals surface area contributed by atoms with E-state index in [1.807, 2.05) is 6.92 Å². The van der Waals surface area contributed by atoms with Gasteiger partial charge in [-0.15, -0.1) is 0 Å². The molecule has 1 aliphatic heterocycles. The van der Waals surface area contributed by atoms with Crippen molar-refractivity contribution in [3.63, 3.8) is 0 Å². The van der Waals surface area contributed by atoms with Gasteiger partial charge in [0.25, 0.3) is 0 Å². The molecule has 1 rings (SSSR count). The summed E-state index contributed by atoms with van der Waals surface area (Å²) >= 11 is 0. The number of ether oxygens (including phenoxy) is 1. The quantitative estimate of drug-likeness (QED) is 0.539. The molecule has 0 aliphatic carbocycles. The van der Waals surface area contributed by atoms with Crippen LogP contribution >= 0.6 is 0 Å². The largest absolute Gasteiger partial charge is 0.462 e. The minimum absolute atomic E-state index is 0.0374. The molecule has 0 bridgehead atoms. The Morgan fingerprint density at radius 2 is 2.50 bits per heavy atom. The van der Waals surface area contributed by atoms with Crippen LogP contribution in [0.5, 0.6) is 0 Å². The summed E-state index contributed by atoms with van der Waals surface area (Å²) in [5.41, 5.74) is -0.639. The van der Waals surface area contributed by atoms with Gasteiger partial charge in [0.2, 0.25) is 0 Å². The van der Waals surface area contributed by atoms with Gasteiger partial charge in [0.05, 0.1) is 12.0 Å². The van der Waals surface area contributed by atoms with Crippen LogP contribution in [-0.2, 0) is 9.53 Å². The van der Waals surface area contributed by atoms with Gasteiger partial charge in [0, 0.05) is 6.42 Å². The molecular formula is C7H12O3. The number of esters is 1. The lowest BCUT2D eigenvalue weighted by Gasteiger charge is -2.13. The molecule has 1 heterocycles. The third-order valence-corrected chi connectivity index (χ3v) is 1.89. The van der Waals surface area contributed by atoms with Crippen LogP contribution in [0.25, 0.3) is 0 Å². The molecule has 0 amide bonds. The zero-order valence-corrected chi connectivity index (χ0v) is 6.26. The Hall–Kier alpha value is -0.570. The molecule has 1 saturated heterocycles. The molecule has 10 heavy (non-hydrogen) atoms. The first-order chi connectivity index (χ1) is 4.58. The van der Waals surface area contributed by atoms with Crippen molar-refractivity contribution >= 4 is 5.97 Å². The summed E-state index contributed by atoms with van der Waals surface area (Å²) in [6.07, 6.45) is 0.590. The smallest absolute Gasteiger partial charge is 0.314 e. The van der Waals surface area contributed by atoms with Gasteiger partial charge < -0.3 is 9.84 Å². The van der Waals surface area contributed by atoms with Crippen molar-refractivity contribution in [3.8, 4) is 0 Å². The summed E-state index contributed by atoms with van der Waals surface area (Å²) in [6.45, 7) is 3.44.